The van der Waals surface area contributed by atoms with Crippen LogP contribution in [0.3, 0.4) is 0 Å². The molecular formula is C20H28O6. The fraction of sp³-hybridized carbons (Fsp3) is 0.650. The summed E-state index contributed by atoms with van der Waals surface area (Å²) in [4.78, 5) is 13.2. The van der Waals surface area contributed by atoms with E-state index in [0.717, 1.165) is 5.56 Å². The number of carbonyl (C=O) groups excluding carboxylic acids is 1. The highest BCUT2D eigenvalue weighted by Gasteiger charge is 2.53. The van der Waals surface area contributed by atoms with Crippen molar-refractivity contribution in [2.24, 2.45) is 5.41 Å². The largest absolute Gasteiger partial charge is 0.382 e. The zero-order chi connectivity index (χ0) is 18.7. The molecule has 0 bridgehead atoms. The fourth-order valence-electron chi connectivity index (χ4n) is 3.57. The molecule has 1 unspecified atom stereocenters. The van der Waals surface area contributed by atoms with E-state index < -0.39 is 23.9 Å². The molecule has 1 aromatic rings. The molecule has 3 rings (SSSR count). The summed E-state index contributed by atoms with van der Waals surface area (Å²) in [7, 11) is 3.27. The molecule has 0 saturated carbocycles. The third-order valence-corrected chi connectivity index (χ3v) is 5.29. The number of hydrogen-bond donors (Lipinski definition) is 0. The van der Waals surface area contributed by atoms with Crippen LogP contribution in [0.4, 0.5) is 0 Å². The van der Waals surface area contributed by atoms with Crippen LogP contribution in [0.2, 0.25) is 0 Å². The highest BCUT2D eigenvalue weighted by Crippen LogP contribution is 2.41. The Bertz CT molecular complexity index is 602. The number of ether oxygens (including phenoxy) is 5. The minimum Gasteiger partial charge on any atom is -0.382 e. The van der Waals surface area contributed by atoms with Crippen LogP contribution in [0.15, 0.2) is 30.3 Å². The quantitative estimate of drug-likeness (QED) is 0.773. The molecule has 2 fully saturated rings. The van der Waals surface area contributed by atoms with E-state index in [1.165, 1.54) is 0 Å². The summed E-state index contributed by atoms with van der Waals surface area (Å²) in [5.41, 5.74) is 0.225. The number of Topliss-reactive ketones (excluding diaryl/α,β-unsaturated/α-hetero) is 1. The maximum Gasteiger partial charge on any atom is 0.184 e. The van der Waals surface area contributed by atoms with Gasteiger partial charge in [0.2, 0.25) is 0 Å². The Balaban J connectivity index is 1.73. The second kappa shape index (κ2) is 8.15. The lowest BCUT2D eigenvalue weighted by atomic mass is 9.74. The SMILES string of the molecule is COC[C@@H](C[C@H]1O[C@@H]2COC(c3ccccc3)O[C@@H]2C(=O)C1(C)C)OC. The first-order valence-corrected chi connectivity index (χ1v) is 9.01. The summed E-state index contributed by atoms with van der Waals surface area (Å²) in [6, 6.07) is 9.65. The Hall–Kier alpha value is -1.31. The Morgan fingerprint density at radius 2 is 1.92 bits per heavy atom. The monoisotopic (exact) mass is 364 g/mol. The summed E-state index contributed by atoms with van der Waals surface area (Å²) < 4.78 is 28.7. The topological polar surface area (TPSA) is 63.2 Å². The molecule has 6 nitrogen and oxygen atoms in total. The molecule has 0 spiro atoms. The molecule has 1 aromatic carbocycles. The van der Waals surface area contributed by atoms with Gasteiger partial charge >= 0.3 is 0 Å². The van der Waals surface area contributed by atoms with Crippen LogP contribution in [-0.4, -0.2) is 57.6 Å². The number of fused-ring (bicyclic) bond motifs is 1. The summed E-state index contributed by atoms with van der Waals surface area (Å²) in [6.45, 7) is 4.60. The van der Waals surface area contributed by atoms with Gasteiger partial charge in [0, 0.05) is 26.2 Å². The predicted molar refractivity (Wildman–Crippen MR) is 94.7 cm³/mol. The van der Waals surface area contributed by atoms with Crippen LogP contribution in [0.5, 0.6) is 0 Å². The third kappa shape index (κ3) is 3.85. The van der Waals surface area contributed by atoms with Crippen molar-refractivity contribution in [1.82, 2.24) is 0 Å². The van der Waals surface area contributed by atoms with Crippen LogP contribution in [0.1, 0.15) is 32.1 Å². The van der Waals surface area contributed by atoms with E-state index >= 15 is 0 Å². The first kappa shape index (κ1) is 19.5. The molecule has 5 atom stereocenters. The van der Waals surface area contributed by atoms with Gasteiger partial charge < -0.3 is 23.7 Å². The van der Waals surface area contributed by atoms with Crippen LogP contribution < -0.4 is 0 Å². The van der Waals surface area contributed by atoms with Gasteiger partial charge in [0.1, 0.15) is 12.2 Å². The zero-order valence-corrected chi connectivity index (χ0v) is 15.8. The van der Waals surface area contributed by atoms with Crippen LogP contribution in [0, 0.1) is 5.41 Å². The maximum absolute atomic E-state index is 13.2. The van der Waals surface area contributed by atoms with Gasteiger partial charge in [-0.2, -0.15) is 0 Å². The second-order valence-electron chi connectivity index (χ2n) is 7.43. The Morgan fingerprint density at radius 3 is 2.58 bits per heavy atom. The number of rotatable bonds is 6. The van der Waals surface area contributed by atoms with Gasteiger partial charge in [-0.1, -0.05) is 44.2 Å². The third-order valence-electron chi connectivity index (χ3n) is 5.29. The van der Waals surface area contributed by atoms with Crippen molar-refractivity contribution in [3.63, 3.8) is 0 Å². The van der Waals surface area contributed by atoms with Crippen molar-refractivity contribution in [1.29, 1.82) is 0 Å². The normalized spacial score (nSPS) is 32.1. The molecule has 0 radical (unpaired) electrons. The first-order chi connectivity index (χ1) is 12.5. The van der Waals surface area contributed by atoms with Crippen LogP contribution >= 0.6 is 0 Å². The zero-order valence-electron chi connectivity index (χ0n) is 15.8. The number of hydrogen-bond acceptors (Lipinski definition) is 6. The summed E-state index contributed by atoms with van der Waals surface area (Å²) >= 11 is 0. The van der Waals surface area contributed by atoms with Crippen molar-refractivity contribution in [3.8, 4) is 0 Å². The predicted octanol–water partition coefficient (Wildman–Crippen LogP) is 2.51. The van der Waals surface area contributed by atoms with E-state index in [4.69, 9.17) is 23.7 Å². The lowest BCUT2D eigenvalue weighted by molar-refractivity contribution is -0.290. The molecule has 2 saturated heterocycles. The van der Waals surface area contributed by atoms with Gasteiger partial charge in [0.25, 0.3) is 0 Å². The van der Waals surface area contributed by atoms with Gasteiger partial charge in [-0.3, -0.25) is 4.79 Å². The molecule has 2 heterocycles. The van der Waals surface area contributed by atoms with Gasteiger partial charge in [0.05, 0.1) is 30.8 Å². The first-order valence-electron chi connectivity index (χ1n) is 9.01. The molecule has 0 amide bonds. The number of methoxy groups -OCH3 is 2. The molecular weight excluding hydrogens is 336 g/mol. The molecule has 0 aliphatic carbocycles. The summed E-state index contributed by atoms with van der Waals surface area (Å²) in [5.74, 6) is 0.0512. The number of benzene rings is 1. The minimum absolute atomic E-state index is 0.0512. The molecule has 2 aliphatic rings. The molecule has 144 valence electrons. The Kier molecular flexibility index (Phi) is 6.10. The van der Waals surface area contributed by atoms with Crippen molar-refractivity contribution < 1.29 is 28.5 Å². The molecule has 0 N–H and O–H groups in total. The van der Waals surface area contributed by atoms with E-state index in [2.05, 4.69) is 0 Å². The van der Waals surface area contributed by atoms with E-state index in [0.29, 0.717) is 19.6 Å². The maximum atomic E-state index is 13.2. The molecule has 2 aliphatic heterocycles. The highest BCUT2D eigenvalue weighted by atomic mass is 16.7. The second-order valence-corrected chi connectivity index (χ2v) is 7.43. The average Bonchev–Trinajstić information content (AvgIpc) is 2.66. The lowest BCUT2D eigenvalue weighted by Gasteiger charge is -2.48. The number of ketones is 1. The van der Waals surface area contributed by atoms with Crippen LogP contribution in [-0.2, 0) is 28.5 Å². The molecule has 26 heavy (non-hydrogen) atoms. The van der Waals surface area contributed by atoms with E-state index in [9.17, 15) is 4.79 Å². The summed E-state index contributed by atoms with van der Waals surface area (Å²) in [6.07, 6.45) is -1.40. The van der Waals surface area contributed by atoms with Gasteiger partial charge in [-0.25, -0.2) is 0 Å². The smallest absolute Gasteiger partial charge is 0.184 e. The van der Waals surface area contributed by atoms with Gasteiger partial charge in [-0.05, 0) is 0 Å². The minimum atomic E-state index is -0.676. The molecule has 0 aromatic heterocycles. The highest BCUT2D eigenvalue weighted by molar-refractivity contribution is 5.90. The molecule has 6 heteroatoms. The Labute approximate surface area is 154 Å². The standard InChI is InChI=1S/C20H28O6/c1-20(2)16(10-14(23-4)11-22-3)25-15-12-24-19(26-17(15)18(20)21)13-8-6-5-7-9-13/h5-9,14-17,19H,10-12H2,1-4H3/t14-,15-,16-,17+,19?/m1/s1. The number of carbonyl (C=O) groups is 1. The van der Waals surface area contributed by atoms with Crippen molar-refractivity contribution in [2.75, 3.05) is 27.4 Å². The van der Waals surface area contributed by atoms with E-state index in [1.807, 2.05) is 44.2 Å². The average molecular weight is 364 g/mol. The van der Waals surface area contributed by atoms with E-state index in [-0.39, 0.29) is 18.0 Å². The summed E-state index contributed by atoms with van der Waals surface area (Å²) in [5, 5.41) is 0. The fourth-order valence-corrected chi connectivity index (χ4v) is 3.57. The van der Waals surface area contributed by atoms with Crippen molar-refractivity contribution >= 4 is 5.78 Å². The van der Waals surface area contributed by atoms with Crippen LogP contribution in [0.25, 0.3) is 0 Å². The van der Waals surface area contributed by atoms with Crippen molar-refractivity contribution in [3.05, 3.63) is 35.9 Å². The van der Waals surface area contributed by atoms with Crippen molar-refractivity contribution in [2.45, 2.75) is 51.0 Å². The Morgan fingerprint density at radius 1 is 1.19 bits per heavy atom. The lowest BCUT2D eigenvalue weighted by Crippen LogP contribution is -2.61. The van der Waals surface area contributed by atoms with Gasteiger partial charge in [0.15, 0.2) is 12.1 Å². The van der Waals surface area contributed by atoms with E-state index in [1.54, 1.807) is 14.2 Å². The van der Waals surface area contributed by atoms with Gasteiger partial charge in [-0.15, -0.1) is 0 Å².